The Morgan fingerprint density at radius 1 is 1.09 bits per heavy atom. The van der Waals surface area contributed by atoms with Crippen molar-refractivity contribution < 1.29 is 0 Å². The van der Waals surface area contributed by atoms with E-state index < -0.39 is 0 Å². The monoisotopic (exact) mass is 325 g/mol. The summed E-state index contributed by atoms with van der Waals surface area (Å²) in [5.41, 5.74) is 6.15. The number of benzene rings is 2. The number of unbranched alkanes of at least 4 members (excludes halogenated alkanes) is 1. The minimum atomic E-state index is 0.729. The highest BCUT2D eigenvalue weighted by atomic mass is 35.5. The molecule has 2 aromatic rings. The second kappa shape index (κ2) is 8.03. The van der Waals surface area contributed by atoms with E-state index >= 15 is 0 Å². The maximum atomic E-state index is 6.42. The molecule has 0 aliphatic carbocycles. The summed E-state index contributed by atoms with van der Waals surface area (Å²) >= 11 is 6.42. The molecule has 0 radical (unpaired) electrons. The quantitative estimate of drug-likeness (QED) is 0.590. The molecule has 2 heteroatoms. The minimum absolute atomic E-state index is 0.729. The molecule has 0 saturated heterocycles. The first-order chi connectivity index (χ1) is 11.0. The van der Waals surface area contributed by atoms with Crippen LogP contribution in [-0.2, 0) is 6.42 Å². The first kappa shape index (κ1) is 17.4. The molecule has 1 N–H and O–H groups in total. The third kappa shape index (κ3) is 4.49. The van der Waals surface area contributed by atoms with E-state index in [0.717, 1.165) is 39.5 Å². The molecule has 1 nitrogen and oxygen atoms in total. The summed E-state index contributed by atoms with van der Waals surface area (Å²) in [5, 5.41) is 4.07. The van der Waals surface area contributed by atoms with Gasteiger partial charge in [0, 0.05) is 11.3 Å². The standard InChI is InChI=1S/C21H24ClN/c1-5-6-9-17-12-13-21(20(22)14-17)23-16(4)19-11-8-7-10-18(19)15(2)3/h7-8,10-14,23H,2,4-6,9H2,1,3H3. The molecular weight excluding hydrogens is 302 g/mol. The van der Waals surface area contributed by atoms with E-state index in [2.05, 4.69) is 37.5 Å². The Balaban J connectivity index is 2.19. The molecule has 0 aromatic heterocycles. The van der Waals surface area contributed by atoms with Gasteiger partial charge in [0.25, 0.3) is 0 Å². The van der Waals surface area contributed by atoms with Gasteiger partial charge in [-0.05, 0) is 43.0 Å². The van der Waals surface area contributed by atoms with Crippen molar-refractivity contribution in [2.45, 2.75) is 33.1 Å². The lowest BCUT2D eigenvalue weighted by Gasteiger charge is -2.15. The Morgan fingerprint density at radius 3 is 2.39 bits per heavy atom. The largest absolute Gasteiger partial charge is 0.354 e. The zero-order chi connectivity index (χ0) is 16.8. The predicted molar refractivity (Wildman–Crippen MR) is 104 cm³/mol. The van der Waals surface area contributed by atoms with Crippen molar-refractivity contribution in [1.82, 2.24) is 0 Å². The van der Waals surface area contributed by atoms with Crippen LogP contribution in [-0.4, -0.2) is 0 Å². The molecule has 2 aromatic carbocycles. The number of nitrogens with one attached hydrogen (secondary N) is 1. The Labute approximate surface area is 144 Å². The van der Waals surface area contributed by atoms with Crippen LogP contribution >= 0.6 is 11.6 Å². The number of halogens is 1. The molecule has 120 valence electrons. The molecule has 0 atom stereocenters. The Morgan fingerprint density at radius 2 is 1.78 bits per heavy atom. The molecule has 0 bridgehead atoms. The van der Waals surface area contributed by atoms with E-state index in [4.69, 9.17) is 11.6 Å². The highest BCUT2D eigenvalue weighted by Crippen LogP contribution is 2.29. The highest BCUT2D eigenvalue weighted by molar-refractivity contribution is 6.33. The van der Waals surface area contributed by atoms with E-state index in [-0.39, 0.29) is 0 Å². The van der Waals surface area contributed by atoms with Gasteiger partial charge in [0.15, 0.2) is 0 Å². The molecule has 0 aliphatic heterocycles. The zero-order valence-corrected chi connectivity index (χ0v) is 14.7. The predicted octanol–water partition coefficient (Wildman–Crippen LogP) is 6.80. The van der Waals surface area contributed by atoms with Gasteiger partial charge in [0.05, 0.1) is 10.7 Å². The molecule has 0 amide bonds. The van der Waals surface area contributed by atoms with Crippen LogP contribution in [0.1, 0.15) is 43.4 Å². The van der Waals surface area contributed by atoms with Gasteiger partial charge < -0.3 is 5.32 Å². The SMILES string of the molecule is C=C(C)c1ccccc1C(=C)Nc1ccc(CCCC)cc1Cl. The third-order valence-corrected chi connectivity index (χ3v) is 4.16. The van der Waals surface area contributed by atoms with Crippen LogP contribution in [0.15, 0.2) is 55.6 Å². The second-order valence-electron chi connectivity index (χ2n) is 5.85. The molecule has 0 fully saturated rings. The summed E-state index contributed by atoms with van der Waals surface area (Å²) < 4.78 is 0. The van der Waals surface area contributed by atoms with Crippen LogP contribution in [0.2, 0.25) is 5.02 Å². The third-order valence-electron chi connectivity index (χ3n) is 3.85. The lowest BCUT2D eigenvalue weighted by Crippen LogP contribution is -2.01. The number of hydrogen-bond donors (Lipinski definition) is 1. The van der Waals surface area contributed by atoms with E-state index in [1.54, 1.807) is 0 Å². The van der Waals surface area contributed by atoms with Crippen molar-refractivity contribution in [2.75, 3.05) is 5.32 Å². The van der Waals surface area contributed by atoms with Crippen LogP contribution in [0.25, 0.3) is 11.3 Å². The second-order valence-corrected chi connectivity index (χ2v) is 6.25. The van der Waals surface area contributed by atoms with Crippen LogP contribution in [0.3, 0.4) is 0 Å². The topological polar surface area (TPSA) is 12.0 Å². The molecule has 2 rings (SSSR count). The van der Waals surface area contributed by atoms with E-state index in [1.165, 1.54) is 18.4 Å². The molecule has 0 aliphatic rings. The van der Waals surface area contributed by atoms with Gasteiger partial charge in [-0.2, -0.15) is 0 Å². The lowest BCUT2D eigenvalue weighted by atomic mass is 10.00. The van der Waals surface area contributed by atoms with Gasteiger partial charge in [-0.25, -0.2) is 0 Å². The van der Waals surface area contributed by atoms with E-state index in [0.29, 0.717) is 0 Å². The average Bonchev–Trinajstić information content (AvgIpc) is 2.55. The average molecular weight is 326 g/mol. The first-order valence-electron chi connectivity index (χ1n) is 8.02. The fourth-order valence-corrected chi connectivity index (χ4v) is 2.80. The highest BCUT2D eigenvalue weighted by Gasteiger charge is 2.08. The van der Waals surface area contributed by atoms with Crippen LogP contribution in [0.5, 0.6) is 0 Å². The maximum absolute atomic E-state index is 6.42. The summed E-state index contributed by atoms with van der Waals surface area (Å²) in [6.45, 7) is 12.4. The first-order valence-corrected chi connectivity index (χ1v) is 8.40. The van der Waals surface area contributed by atoms with E-state index in [9.17, 15) is 0 Å². The van der Waals surface area contributed by atoms with Crippen LogP contribution in [0, 0.1) is 0 Å². The Hall–Kier alpha value is -1.99. The Bertz CT molecular complexity index is 716. The van der Waals surface area contributed by atoms with Gasteiger partial charge >= 0.3 is 0 Å². The number of rotatable bonds is 7. The fourth-order valence-electron chi connectivity index (χ4n) is 2.54. The molecule has 0 heterocycles. The molecule has 0 saturated carbocycles. The fraction of sp³-hybridized carbons (Fsp3) is 0.238. The number of aryl methyl sites for hydroxylation is 1. The maximum Gasteiger partial charge on any atom is 0.0643 e. The normalized spacial score (nSPS) is 10.4. The van der Waals surface area contributed by atoms with Crippen molar-refractivity contribution >= 4 is 28.6 Å². The van der Waals surface area contributed by atoms with E-state index in [1.807, 2.05) is 37.3 Å². The number of hydrogen-bond acceptors (Lipinski definition) is 1. The number of anilines is 1. The van der Waals surface area contributed by atoms with Crippen molar-refractivity contribution in [2.24, 2.45) is 0 Å². The van der Waals surface area contributed by atoms with Gasteiger partial charge in [-0.15, -0.1) is 0 Å². The summed E-state index contributed by atoms with van der Waals surface area (Å²) in [4.78, 5) is 0. The zero-order valence-electron chi connectivity index (χ0n) is 14.0. The van der Waals surface area contributed by atoms with Crippen molar-refractivity contribution in [3.05, 3.63) is 77.3 Å². The molecule has 23 heavy (non-hydrogen) atoms. The Kier molecular flexibility index (Phi) is 6.06. The summed E-state index contributed by atoms with van der Waals surface area (Å²) in [7, 11) is 0. The van der Waals surface area contributed by atoms with Crippen molar-refractivity contribution in [3.8, 4) is 0 Å². The van der Waals surface area contributed by atoms with Gasteiger partial charge in [-0.1, -0.05) is 74.0 Å². The van der Waals surface area contributed by atoms with Crippen LogP contribution in [0.4, 0.5) is 5.69 Å². The molecular formula is C21H24ClN. The van der Waals surface area contributed by atoms with Crippen molar-refractivity contribution in [3.63, 3.8) is 0 Å². The smallest absolute Gasteiger partial charge is 0.0643 e. The molecule has 0 unspecified atom stereocenters. The van der Waals surface area contributed by atoms with Gasteiger partial charge in [0.1, 0.15) is 0 Å². The van der Waals surface area contributed by atoms with Gasteiger partial charge in [-0.3, -0.25) is 0 Å². The van der Waals surface area contributed by atoms with Crippen LogP contribution < -0.4 is 5.32 Å². The van der Waals surface area contributed by atoms with Gasteiger partial charge in [0.2, 0.25) is 0 Å². The lowest BCUT2D eigenvalue weighted by molar-refractivity contribution is 0.795. The minimum Gasteiger partial charge on any atom is -0.354 e. The summed E-state index contributed by atoms with van der Waals surface area (Å²) in [6.07, 6.45) is 3.43. The number of allylic oxidation sites excluding steroid dienone is 1. The van der Waals surface area contributed by atoms with Crippen molar-refractivity contribution in [1.29, 1.82) is 0 Å². The summed E-state index contributed by atoms with van der Waals surface area (Å²) in [6, 6.07) is 14.3. The molecule has 0 spiro atoms. The summed E-state index contributed by atoms with van der Waals surface area (Å²) in [5.74, 6) is 0.